The molecule has 106 valence electrons. The molecule has 0 saturated carbocycles. The molecule has 0 aliphatic rings. The third-order valence-corrected chi connectivity index (χ3v) is 3.37. The molecule has 3 heteroatoms. The van der Waals surface area contributed by atoms with Crippen LogP contribution >= 0.6 is 15.9 Å². The lowest BCUT2D eigenvalue weighted by molar-refractivity contribution is 0.0697. The second-order valence-electron chi connectivity index (χ2n) is 4.34. The van der Waals surface area contributed by atoms with Crippen molar-refractivity contribution in [2.75, 3.05) is 0 Å². The van der Waals surface area contributed by atoms with E-state index < -0.39 is 5.97 Å². The molecule has 2 aromatic carbocycles. The van der Waals surface area contributed by atoms with Crippen molar-refractivity contribution in [1.29, 1.82) is 0 Å². The van der Waals surface area contributed by atoms with E-state index in [1.807, 2.05) is 19.1 Å². The first-order chi connectivity index (χ1) is 9.56. The predicted octanol–water partition coefficient (Wildman–Crippen LogP) is 4.96. The third-order valence-electron chi connectivity index (χ3n) is 2.88. The molecule has 0 bridgehead atoms. The Labute approximate surface area is 128 Å². The first-order valence-electron chi connectivity index (χ1n) is 6.63. The van der Waals surface area contributed by atoms with Crippen molar-refractivity contribution in [2.45, 2.75) is 26.7 Å². The Morgan fingerprint density at radius 3 is 2.00 bits per heavy atom. The maximum Gasteiger partial charge on any atom is 0.335 e. The average Bonchev–Trinajstić information content (AvgIpc) is 2.48. The van der Waals surface area contributed by atoms with E-state index in [-0.39, 0.29) is 0 Å². The molecule has 0 aliphatic heterocycles. The molecule has 0 radical (unpaired) electrons. The highest BCUT2D eigenvalue weighted by atomic mass is 79.9. The highest BCUT2D eigenvalue weighted by Crippen LogP contribution is 2.11. The average molecular weight is 335 g/mol. The number of aryl methyl sites for hydroxylation is 2. The van der Waals surface area contributed by atoms with E-state index in [2.05, 4.69) is 41.1 Å². The van der Waals surface area contributed by atoms with Crippen LogP contribution in [0.5, 0.6) is 0 Å². The maximum absolute atomic E-state index is 10.5. The molecule has 2 nitrogen and oxygen atoms in total. The number of carbonyl (C=O) groups is 1. The topological polar surface area (TPSA) is 37.3 Å². The molecule has 0 spiro atoms. The number of carboxylic acids is 1. The molecule has 1 N–H and O–H groups in total. The van der Waals surface area contributed by atoms with Crippen LogP contribution in [0.4, 0.5) is 0 Å². The highest BCUT2D eigenvalue weighted by Gasteiger charge is 2.00. The van der Waals surface area contributed by atoms with E-state index in [9.17, 15) is 4.79 Å². The molecular weight excluding hydrogens is 316 g/mol. The van der Waals surface area contributed by atoms with Gasteiger partial charge < -0.3 is 5.11 Å². The van der Waals surface area contributed by atoms with Gasteiger partial charge in [-0.05, 0) is 48.2 Å². The van der Waals surface area contributed by atoms with Gasteiger partial charge in [0.1, 0.15) is 0 Å². The highest BCUT2D eigenvalue weighted by molar-refractivity contribution is 9.10. The van der Waals surface area contributed by atoms with Crippen molar-refractivity contribution in [3.05, 3.63) is 69.7 Å². The van der Waals surface area contributed by atoms with E-state index in [0.717, 1.165) is 18.4 Å². The number of benzene rings is 2. The lowest BCUT2D eigenvalue weighted by atomic mass is 10.1. The van der Waals surface area contributed by atoms with Crippen LogP contribution in [0.25, 0.3) is 0 Å². The van der Waals surface area contributed by atoms with Crippen LogP contribution in [0.2, 0.25) is 0 Å². The summed E-state index contributed by atoms with van der Waals surface area (Å²) in [4.78, 5) is 10.5. The van der Waals surface area contributed by atoms with Gasteiger partial charge in [0.25, 0.3) is 0 Å². The fraction of sp³-hybridized carbons (Fsp3) is 0.235. The fourth-order valence-corrected chi connectivity index (χ4v) is 2.13. The Morgan fingerprint density at radius 2 is 1.55 bits per heavy atom. The molecule has 0 unspecified atom stereocenters. The summed E-state index contributed by atoms with van der Waals surface area (Å²) in [6, 6.07) is 15.4. The zero-order valence-electron chi connectivity index (χ0n) is 11.8. The van der Waals surface area contributed by atoms with E-state index in [1.165, 1.54) is 10.0 Å². The third kappa shape index (κ3) is 5.57. The Balaban J connectivity index is 0.000000204. The van der Waals surface area contributed by atoms with Gasteiger partial charge >= 0.3 is 5.97 Å². The van der Waals surface area contributed by atoms with E-state index in [4.69, 9.17) is 5.11 Å². The first kappa shape index (κ1) is 16.4. The summed E-state index contributed by atoms with van der Waals surface area (Å²) >= 11 is 3.40. The van der Waals surface area contributed by atoms with Gasteiger partial charge in [0, 0.05) is 4.47 Å². The minimum absolute atomic E-state index is 0.365. The van der Waals surface area contributed by atoms with Crippen LogP contribution in [0.1, 0.15) is 35.3 Å². The Kier molecular flexibility index (Phi) is 7.02. The predicted molar refractivity (Wildman–Crippen MR) is 86.3 cm³/mol. The number of rotatable bonds is 3. The van der Waals surface area contributed by atoms with Crippen molar-refractivity contribution in [3.8, 4) is 0 Å². The first-order valence-corrected chi connectivity index (χ1v) is 7.42. The number of hydrogen-bond acceptors (Lipinski definition) is 1. The van der Waals surface area contributed by atoms with Crippen molar-refractivity contribution >= 4 is 21.9 Å². The number of halogens is 1. The summed E-state index contributed by atoms with van der Waals surface area (Å²) in [5, 5.41) is 8.60. The summed E-state index contributed by atoms with van der Waals surface area (Å²) < 4.78 is 1.17. The second-order valence-corrected chi connectivity index (χ2v) is 5.26. The SMILES string of the molecule is CCc1cccc(Br)c1.CCc1cccc(C(=O)O)c1. The van der Waals surface area contributed by atoms with Gasteiger partial charge in [0.2, 0.25) is 0 Å². The molecular formula is C17H19BrO2. The normalized spacial score (nSPS) is 9.55. The number of aromatic carboxylic acids is 1. The maximum atomic E-state index is 10.5. The zero-order chi connectivity index (χ0) is 15.0. The van der Waals surface area contributed by atoms with Crippen LogP contribution in [0.3, 0.4) is 0 Å². The monoisotopic (exact) mass is 334 g/mol. The molecule has 0 amide bonds. The van der Waals surface area contributed by atoms with Crippen molar-refractivity contribution in [2.24, 2.45) is 0 Å². The number of hydrogen-bond donors (Lipinski definition) is 1. The second kappa shape index (κ2) is 8.54. The van der Waals surface area contributed by atoms with E-state index in [0.29, 0.717) is 5.56 Å². The van der Waals surface area contributed by atoms with Gasteiger partial charge in [-0.1, -0.05) is 54.0 Å². The lowest BCUT2D eigenvalue weighted by Crippen LogP contribution is -1.96. The van der Waals surface area contributed by atoms with Gasteiger partial charge in [0.15, 0.2) is 0 Å². The fourth-order valence-electron chi connectivity index (χ4n) is 1.68. The quantitative estimate of drug-likeness (QED) is 0.861. The molecule has 0 heterocycles. The minimum Gasteiger partial charge on any atom is -0.478 e. The summed E-state index contributed by atoms with van der Waals surface area (Å²) in [5.41, 5.74) is 2.80. The summed E-state index contributed by atoms with van der Waals surface area (Å²) in [7, 11) is 0. The summed E-state index contributed by atoms with van der Waals surface area (Å²) in [6.07, 6.45) is 1.99. The van der Waals surface area contributed by atoms with Gasteiger partial charge in [-0.3, -0.25) is 0 Å². The number of carboxylic acid groups (broad SMARTS) is 1. The van der Waals surface area contributed by atoms with Gasteiger partial charge in [0.05, 0.1) is 5.56 Å². The largest absolute Gasteiger partial charge is 0.478 e. The summed E-state index contributed by atoms with van der Waals surface area (Å²) in [6.45, 7) is 4.16. The van der Waals surface area contributed by atoms with Crippen molar-refractivity contribution < 1.29 is 9.90 Å². The zero-order valence-corrected chi connectivity index (χ0v) is 13.4. The van der Waals surface area contributed by atoms with E-state index >= 15 is 0 Å². The standard InChI is InChI=1S/C9H10O2.C8H9Br/c1-2-7-4-3-5-8(6-7)9(10)11;1-2-7-4-3-5-8(9)6-7/h3-6H,2H2,1H3,(H,10,11);3-6H,2H2,1H3. The van der Waals surface area contributed by atoms with Crippen LogP contribution < -0.4 is 0 Å². The van der Waals surface area contributed by atoms with E-state index in [1.54, 1.807) is 18.2 Å². The Bertz CT molecular complexity index is 564. The molecule has 0 fully saturated rings. The van der Waals surface area contributed by atoms with Gasteiger partial charge in [-0.2, -0.15) is 0 Å². The lowest BCUT2D eigenvalue weighted by Gasteiger charge is -1.97. The van der Waals surface area contributed by atoms with Crippen LogP contribution in [-0.4, -0.2) is 11.1 Å². The van der Waals surface area contributed by atoms with Gasteiger partial charge in [-0.15, -0.1) is 0 Å². The van der Waals surface area contributed by atoms with Crippen LogP contribution in [0.15, 0.2) is 53.0 Å². The molecule has 2 aromatic rings. The van der Waals surface area contributed by atoms with Crippen molar-refractivity contribution in [1.82, 2.24) is 0 Å². The Morgan fingerprint density at radius 1 is 1.00 bits per heavy atom. The molecule has 20 heavy (non-hydrogen) atoms. The smallest absolute Gasteiger partial charge is 0.335 e. The van der Waals surface area contributed by atoms with Gasteiger partial charge in [-0.25, -0.2) is 4.79 Å². The van der Waals surface area contributed by atoms with Crippen molar-refractivity contribution in [3.63, 3.8) is 0 Å². The van der Waals surface area contributed by atoms with Crippen LogP contribution in [-0.2, 0) is 12.8 Å². The molecule has 0 atom stereocenters. The molecule has 0 aromatic heterocycles. The summed E-state index contributed by atoms with van der Waals surface area (Å²) in [5.74, 6) is -0.861. The molecule has 2 rings (SSSR count). The molecule has 0 saturated heterocycles. The minimum atomic E-state index is -0.861. The van der Waals surface area contributed by atoms with Crippen LogP contribution in [0, 0.1) is 0 Å². The molecule has 0 aliphatic carbocycles. The Hall–Kier alpha value is -1.61.